The minimum Gasteiger partial charge on any atom is -0.376 e. The smallest absolute Gasteiger partial charge is 0.224 e. The van der Waals surface area contributed by atoms with Gasteiger partial charge in [-0.25, -0.2) is 4.98 Å². The summed E-state index contributed by atoms with van der Waals surface area (Å²) in [5.74, 6) is 1.43. The van der Waals surface area contributed by atoms with Crippen molar-refractivity contribution < 1.29 is 4.74 Å². The number of nitrogens with one attached hydrogen (secondary N) is 2. The van der Waals surface area contributed by atoms with Gasteiger partial charge in [0.2, 0.25) is 5.95 Å². The standard InChI is InChI=1S/C15H19N5O/c1-2-13(21-9-1)11-19-15-17-8-5-14(20-15)18-10-12-3-6-16-7-4-12/h3-8,13H,1-2,9-11H2,(H2,17,18,19,20). The van der Waals surface area contributed by atoms with Gasteiger partial charge in [0.25, 0.3) is 0 Å². The summed E-state index contributed by atoms with van der Waals surface area (Å²) in [4.78, 5) is 12.7. The highest BCUT2D eigenvalue weighted by Gasteiger charge is 2.15. The Kier molecular flexibility index (Phi) is 4.58. The normalized spacial score (nSPS) is 17.6. The largest absolute Gasteiger partial charge is 0.376 e. The van der Waals surface area contributed by atoms with Gasteiger partial charge in [-0.3, -0.25) is 4.98 Å². The van der Waals surface area contributed by atoms with Gasteiger partial charge in [0.05, 0.1) is 6.10 Å². The van der Waals surface area contributed by atoms with E-state index < -0.39 is 0 Å². The van der Waals surface area contributed by atoms with Crippen molar-refractivity contribution in [2.75, 3.05) is 23.8 Å². The minimum absolute atomic E-state index is 0.280. The zero-order valence-electron chi connectivity index (χ0n) is 11.8. The Morgan fingerprint density at radius 2 is 2.05 bits per heavy atom. The lowest BCUT2D eigenvalue weighted by atomic mass is 10.2. The van der Waals surface area contributed by atoms with Crippen LogP contribution >= 0.6 is 0 Å². The summed E-state index contributed by atoms with van der Waals surface area (Å²) < 4.78 is 5.57. The highest BCUT2D eigenvalue weighted by atomic mass is 16.5. The van der Waals surface area contributed by atoms with Crippen molar-refractivity contribution in [1.29, 1.82) is 0 Å². The average Bonchev–Trinajstić information content (AvgIpc) is 3.06. The SMILES string of the molecule is c1cc(CNc2ccnc(NCC3CCCO3)n2)ccn1. The Labute approximate surface area is 124 Å². The van der Waals surface area contributed by atoms with Gasteiger partial charge in [-0.05, 0) is 36.6 Å². The fourth-order valence-corrected chi connectivity index (χ4v) is 2.25. The number of hydrogen-bond acceptors (Lipinski definition) is 6. The second-order valence-corrected chi connectivity index (χ2v) is 4.99. The fourth-order valence-electron chi connectivity index (χ4n) is 2.25. The number of aromatic nitrogens is 3. The molecule has 0 saturated carbocycles. The first-order valence-electron chi connectivity index (χ1n) is 7.21. The molecule has 21 heavy (non-hydrogen) atoms. The van der Waals surface area contributed by atoms with Crippen LogP contribution in [-0.4, -0.2) is 34.2 Å². The van der Waals surface area contributed by atoms with Crippen molar-refractivity contribution in [3.63, 3.8) is 0 Å². The maximum absolute atomic E-state index is 5.57. The van der Waals surface area contributed by atoms with E-state index in [4.69, 9.17) is 4.74 Å². The second kappa shape index (κ2) is 6.99. The predicted molar refractivity (Wildman–Crippen MR) is 81.1 cm³/mol. The van der Waals surface area contributed by atoms with Gasteiger partial charge in [-0.1, -0.05) is 0 Å². The van der Waals surface area contributed by atoms with Crippen LogP contribution in [0, 0.1) is 0 Å². The van der Waals surface area contributed by atoms with E-state index in [1.54, 1.807) is 18.6 Å². The van der Waals surface area contributed by atoms with Gasteiger partial charge in [0.1, 0.15) is 5.82 Å². The summed E-state index contributed by atoms with van der Waals surface area (Å²) in [5.41, 5.74) is 1.16. The van der Waals surface area contributed by atoms with Crippen LogP contribution in [0.15, 0.2) is 36.8 Å². The zero-order chi connectivity index (χ0) is 14.3. The van der Waals surface area contributed by atoms with E-state index in [9.17, 15) is 0 Å². The van der Waals surface area contributed by atoms with Crippen molar-refractivity contribution in [3.05, 3.63) is 42.4 Å². The van der Waals surface area contributed by atoms with Crippen LogP contribution in [-0.2, 0) is 11.3 Å². The third kappa shape index (κ3) is 4.13. The van der Waals surface area contributed by atoms with Crippen LogP contribution in [0.2, 0.25) is 0 Å². The van der Waals surface area contributed by atoms with Gasteiger partial charge >= 0.3 is 0 Å². The molecule has 2 aromatic rings. The number of anilines is 2. The topological polar surface area (TPSA) is 72.0 Å². The monoisotopic (exact) mass is 285 g/mol. The molecule has 1 fully saturated rings. The first-order chi connectivity index (χ1) is 10.4. The molecule has 1 saturated heterocycles. The first kappa shape index (κ1) is 13.8. The molecule has 0 spiro atoms. The fraction of sp³-hybridized carbons (Fsp3) is 0.400. The van der Waals surface area contributed by atoms with Crippen LogP contribution < -0.4 is 10.6 Å². The molecule has 0 radical (unpaired) electrons. The summed E-state index contributed by atoms with van der Waals surface area (Å²) in [6.07, 6.45) is 7.84. The molecule has 0 amide bonds. The molecule has 2 N–H and O–H groups in total. The second-order valence-electron chi connectivity index (χ2n) is 4.99. The Morgan fingerprint density at radius 3 is 2.86 bits per heavy atom. The minimum atomic E-state index is 0.280. The zero-order valence-corrected chi connectivity index (χ0v) is 11.8. The number of ether oxygens (including phenoxy) is 1. The number of rotatable bonds is 6. The number of pyridine rings is 1. The quantitative estimate of drug-likeness (QED) is 0.846. The maximum Gasteiger partial charge on any atom is 0.224 e. The lowest BCUT2D eigenvalue weighted by Crippen LogP contribution is -2.19. The highest BCUT2D eigenvalue weighted by Crippen LogP contribution is 2.13. The molecule has 6 heteroatoms. The Morgan fingerprint density at radius 1 is 1.14 bits per heavy atom. The molecule has 1 unspecified atom stereocenters. The van der Waals surface area contributed by atoms with Gasteiger partial charge in [0.15, 0.2) is 0 Å². The van der Waals surface area contributed by atoms with Gasteiger partial charge < -0.3 is 15.4 Å². The Bertz CT molecular complexity index is 557. The van der Waals surface area contributed by atoms with Crippen molar-refractivity contribution in [1.82, 2.24) is 15.0 Å². The van der Waals surface area contributed by atoms with E-state index in [0.717, 1.165) is 37.4 Å². The van der Waals surface area contributed by atoms with Gasteiger partial charge in [-0.15, -0.1) is 0 Å². The Hall–Kier alpha value is -2.21. The van der Waals surface area contributed by atoms with Crippen LogP contribution in [0.1, 0.15) is 18.4 Å². The van der Waals surface area contributed by atoms with Crippen LogP contribution in [0.4, 0.5) is 11.8 Å². The maximum atomic E-state index is 5.57. The molecule has 0 aliphatic carbocycles. The van der Waals surface area contributed by atoms with E-state index >= 15 is 0 Å². The molecule has 110 valence electrons. The molecular formula is C15H19N5O. The summed E-state index contributed by atoms with van der Waals surface area (Å²) >= 11 is 0. The Balaban J connectivity index is 1.52. The molecule has 1 atom stereocenters. The molecular weight excluding hydrogens is 266 g/mol. The van der Waals surface area contributed by atoms with E-state index in [0.29, 0.717) is 12.5 Å². The van der Waals surface area contributed by atoms with Crippen molar-refractivity contribution in [3.8, 4) is 0 Å². The van der Waals surface area contributed by atoms with Crippen LogP contribution in [0.5, 0.6) is 0 Å². The molecule has 0 bridgehead atoms. The average molecular weight is 285 g/mol. The molecule has 6 nitrogen and oxygen atoms in total. The third-order valence-electron chi connectivity index (χ3n) is 3.39. The summed E-state index contributed by atoms with van der Waals surface area (Å²) in [5, 5.41) is 6.51. The van der Waals surface area contributed by atoms with Gasteiger partial charge in [-0.2, -0.15) is 4.98 Å². The summed E-state index contributed by atoms with van der Waals surface area (Å²) in [6, 6.07) is 5.81. The predicted octanol–water partition coefficient (Wildman–Crippen LogP) is 2.07. The highest BCUT2D eigenvalue weighted by molar-refractivity contribution is 5.40. The number of hydrogen-bond donors (Lipinski definition) is 2. The molecule has 0 aromatic carbocycles. The van der Waals surface area contributed by atoms with Crippen molar-refractivity contribution in [2.24, 2.45) is 0 Å². The lowest BCUT2D eigenvalue weighted by Gasteiger charge is -2.11. The third-order valence-corrected chi connectivity index (χ3v) is 3.39. The van der Waals surface area contributed by atoms with Crippen LogP contribution in [0.25, 0.3) is 0 Å². The first-order valence-corrected chi connectivity index (χ1v) is 7.21. The van der Waals surface area contributed by atoms with Crippen molar-refractivity contribution in [2.45, 2.75) is 25.5 Å². The van der Waals surface area contributed by atoms with E-state index in [-0.39, 0.29) is 6.10 Å². The number of nitrogens with zero attached hydrogens (tertiary/aromatic N) is 3. The molecule has 1 aliphatic heterocycles. The molecule has 3 heterocycles. The molecule has 1 aliphatic rings. The summed E-state index contributed by atoms with van der Waals surface area (Å²) in [6.45, 7) is 2.33. The van der Waals surface area contributed by atoms with Crippen molar-refractivity contribution >= 4 is 11.8 Å². The molecule has 2 aromatic heterocycles. The van der Waals surface area contributed by atoms with E-state index in [2.05, 4.69) is 25.6 Å². The van der Waals surface area contributed by atoms with Gasteiger partial charge in [0, 0.05) is 38.3 Å². The molecule has 3 rings (SSSR count). The van der Waals surface area contributed by atoms with E-state index in [1.807, 2.05) is 18.2 Å². The lowest BCUT2D eigenvalue weighted by molar-refractivity contribution is 0.120. The summed E-state index contributed by atoms with van der Waals surface area (Å²) in [7, 11) is 0. The van der Waals surface area contributed by atoms with E-state index in [1.165, 1.54) is 0 Å². The van der Waals surface area contributed by atoms with Crippen LogP contribution in [0.3, 0.4) is 0 Å².